The molecular formula is C26H31ClN4OS. The second-order valence-electron chi connectivity index (χ2n) is 9.04. The Balaban J connectivity index is 1.27. The van der Waals surface area contributed by atoms with Crippen LogP contribution in [0, 0.1) is 0 Å². The van der Waals surface area contributed by atoms with Gasteiger partial charge in [0, 0.05) is 29.8 Å². The summed E-state index contributed by atoms with van der Waals surface area (Å²) in [6.45, 7) is 4.83. The van der Waals surface area contributed by atoms with Crippen LogP contribution in [0.15, 0.2) is 59.8 Å². The Labute approximate surface area is 205 Å². The minimum absolute atomic E-state index is 0.344. The van der Waals surface area contributed by atoms with Crippen LogP contribution in [0.1, 0.15) is 48.6 Å². The maximum Gasteiger partial charge on any atom is 0.191 e. The van der Waals surface area contributed by atoms with Crippen LogP contribution in [0.5, 0.6) is 0 Å². The summed E-state index contributed by atoms with van der Waals surface area (Å²) in [4.78, 5) is 2.53. The zero-order valence-electron chi connectivity index (χ0n) is 18.9. The first-order chi connectivity index (χ1) is 16.2. The van der Waals surface area contributed by atoms with Gasteiger partial charge in [-0.05, 0) is 62.0 Å². The third kappa shape index (κ3) is 5.99. The number of aromatic nitrogens is 3. The molecule has 3 heterocycles. The summed E-state index contributed by atoms with van der Waals surface area (Å²) < 4.78 is 8.19. The van der Waals surface area contributed by atoms with E-state index in [-0.39, 0.29) is 0 Å². The quantitative estimate of drug-likeness (QED) is 0.389. The topological polar surface area (TPSA) is 43.2 Å². The Morgan fingerprint density at radius 3 is 2.39 bits per heavy atom. The average molecular weight is 483 g/mol. The van der Waals surface area contributed by atoms with E-state index < -0.39 is 0 Å². The van der Waals surface area contributed by atoms with Crippen LogP contribution < -0.4 is 0 Å². The van der Waals surface area contributed by atoms with Gasteiger partial charge in [0.2, 0.25) is 0 Å². The number of ether oxygens (including phenoxy) is 1. The van der Waals surface area contributed by atoms with Crippen molar-refractivity contribution in [2.45, 2.75) is 56.0 Å². The molecule has 3 aromatic rings. The maximum atomic E-state index is 6.04. The molecule has 0 amide bonds. The van der Waals surface area contributed by atoms with E-state index in [0.717, 1.165) is 73.8 Å². The molecule has 0 spiro atoms. The fourth-order valence-electron chi connectivity index (χ4n) is 4.76. The predicted octanol–water partition coefficient (Wildman–Crippen LogP) is 5.63. The van der Waals surface area contributed by atoms with Crippen molar-refractivity contribution in [2.75, 3.05) is 25.4 Å². The molecule has 0 radical (unpaired) electrons. The number of likely N-dealkylation sites (tertiary alicyclic amines) is 1. The van der Waals surface area contributed by atoms with Crippen molar-refractivity contribution >= 4 is 23.4 Å². The second kappa shape index (κ2) is 11.0. The van der Waals surface area contributed by atoms with E-state index in [1.807, 2.05) is 12.1 Å². The smallest absolute Gasteiger partial charge is 0.191 e. The van der Waals surface area contributed by atoms with Crippen molar-refractivity contribution in [1.82, 2.24) is 19.7 Å². The molecule has 7 heteroatoms. The van der Waals surface area contributed by atoms with Gasteiger partial charge in [-0.2, -0.15) is 0 Å². The molecule has 0 unspecified atom stereocenters. The number of hydrogen-bond acceptors (Lipinski definition) is 5. The molecule has 0 aliphatic carbocycles. The lowest BCUT2D eigenvalue weighted by molar-refractivity contribution is 0.129. The Hall–Kier alpha value is -1.86. The van der Waals surface area contributed by atoms with E-state index in [2.05, 4.69) is 57.0 Å². The number of rotatable bonds is 8. The number of piperidine rings is 1. The average Bonchev–Trinajstić information content (AvgIpc) is 3.51. The minimum atomic E-state index is 0.344. The lowest BCUT2D eigenvalue weighted by Gasteiger charge is -2.31. The molecule has 1 atom stereocenters. The van der Waals surface area contributed by atoms with Crippen LogP contribution in [-0.4, -0.2) is 51.2 Å². The summed E-state index contributed by atoms with van der Waals surface area (Å²) in [6, 6.07) is 18.9. The molecule has 5 rings (SSSR count). The van der Waals surface area contributed by atoms with Crippen molar-refractivity contribution < 1.29 is 4.74 Å². The number of halogens is 1. The van der Waals surface area contributed by atoms with Gasteiger partial charge < -0.3 is 9.30 Å². The Kier molecular flexibility index (Phi) is 7.67. The van der Waals surface area contributed by atoms with E-state index in [4.69, 9.17) is 21.4 Å². The summed E-state index contributed by atoms with van der Waals surface area (Å²) >= 11 is 7.83. The van der Waals surface area contributed by atoms with Crippen LogP contribution in [-0.2, 0) is 17.8 Å². The molecule has 2 saturated heterocycles. The molecule has 174 valence electrons. The fourth-order valence-corrected chi connectivity index (χ4v) is 5.90. The first kappa shape index (κ1) is 22.9. The van der Waals surface area contributed by atoms with Crippen molar-refractivity contribution in [3.05, 3.63) is 76.6 Å². The Morgan fingerprint density at radius 1 is 0.909 bits per heavy atom. The van der Waals surface area contributed by atoms with Crippen molar-refractivity contribution in [1.29, 1.82) is 0 Å². The summed E-state index contributed by atoms with van der Waals surface area (Å²) in [5.74, 6) is 2.53. The molecular weight excluding hydrogens is 452 g/mol. The number of hydrogen-bond donors (Lipinski definition) is 0. The highest BCUT2D eigenvalue weighted by atomic mass is 35.5. The van der Waals surface area contributed by atoms with E-state index in [1.54, 1.807) is 11.8 Å². The molecule has 1 aromatic heterocycles. The highest BCUT2D eigenvalue weighted by molar-refractivity contribution is 7.99. The SMILES string of the molecule is Clc1ccc(CN2CCC(c3nnc(SC[C@H]4CCCO4)n3Cc3ccccc3)CC2)cc1. The van der Waals surface area contributed by atoms with Gasteiger partial charge in [0.25, 0.3) is 0 Å². The highest BCUT2D eigenvalue weighted by Gasteiger charge is 2.27. The molecule has 2 fully saturated rings. The Bertz CT molecular complexity index is 1010. The number of thioether (sulfide) groups is 1. The molecule has 2 aliphatic rings. The number of benzene rings is 2. The van der Waals surface area contributed by atoms with E-state index in [1.165, 1.54) is 17.5 Å². The summed E-state index contributed by atoms with van der Waals surface area (Å²) in [6.07, 6.45) is 4.88. The molecule has 0 saturated carbocycles. The monoisotopic (exact) mass is 482 g/mol. The first-order valence-electron chi connectivity index (χ1n) is 11.9. The van der Waals surface area contributed by atoms with Crippen LogP contribution in [0.2, 0.25) is 5.02 Å². The summed E-state index contributed by atoms with van der Waals surface area (Å²) in [7, 11) is 0. The lowest BCUT2D eigenvalue weighted by Crippen LogP contribution is -2.33. The van der Waals surface area contributed by atoms with Gasteiger partial charge in [-0.3, -0.25) is 4.90 Å². The first-order valence-corrected chi connectivity index (χ1v) is 13.3. The van der Waals surface area contributed by atoms with Gasteiger partial charge in [-0.1, -0.05) is 65.8 Å². The van der Waals surface area contributed by atoms with Crippen molar-refractivity contribution in [2.24, 2.45) is 0 Å². The van der Waals surface area contributed by atoms with Gasteiger partial charge in [-0.25, -0.2) is 0 Å². The number of nitrogens with zero attached hydrogens (tertiary/aromatic N) is 4. The normalized spacial score (nSPS) is 19.8. The van der Waals surface area contributed by atoms with Gasteiger partial charge in [-0.15, -0.1) is 10.2 Å². The predicted molar refractivity (Wildman–Crippen MR) is 134 cm³/mol. The zero-order chi connectivity index (χ0) is 22.5. The Morgan fingerprint density at radius 2 is 1.67 bits per heavy atom. The third-order valence-electron chi connectivity index (χ3n) is 6.62. The van der Waals surface area contributed by atoms with E-state index in [0.29, 0.717) is 12.0 Å². The van der Waals surface area contributed by atoms with Crippen LogP contribution in [0.4, 0.5) is 0 Å². The van der Waals surface area contributed by atoms with Crippen LogP contribution in [0.3, 0.4) is 0 Å². The summed E-state index contributed by atoms with van der Waals surface area (Å²) in [5, 5.41) is 11.2. The van der Waals surface area contributed by atoms with Crippen LogP contribution >= 0.6 is 23.4 Å². The van der Waals surface area contributed by atoms with Gasteiger partial charge in [0.15, 0.2) is 5.16 Å². The molecule has 33 heavy (non-hydrogen) atoms. The van der Waals surface area contributed by atoms with Crippen molar-refractivity contribution in [3.63, 3.8) is 0 Å². The standard InChI is InChI=1S/C26H31ClN4OS/c27-23-10-8-21(9-11-23)17-30-14-12-22(13-15-30)25-28-29-26(33-19-24-7-4-16-32-24)31(25)18-20-5-2-1-3-6-20/h1-3,5-6,8-11,22,24H,4,7,12-19H2/t24-/m1/s1. The maximum absolute atomic E-state index is 6.04. The molecule has 5 nitrogen and oxygen atoms in total. The highest BCUT2D eigenvalue weighted by Crippen LogP contribution is 2.31. The third-order valence-corrected chi connectivity index (χ3v) is 7.97. The van der Waals surface area contributed by atoms with Crippen LogP contribution in [0.25, 0.3) is 0 Å². The van der Waals surface area contributed by atoms with Gasteiger partial charge in [0.1, 0.15) is 5.82 Å². The zero-order valence-corrected chi connectivity index (χ0v) is 20.5. The second-order valence-corrected chi connectivity index (χ2v) is 10.5. The van der Waals surface area contributed by atoms with E-state index >= 15 is 0 Å². The summed E-state index contributed by atoms with van der Waals surface area (Å²) in [5.41, 5.74) is 2.61. The lowest BCUT2D eigenvalue weighted by atomic mass is 9.95. The molecule has 0 N–H and O–H groups in total. The van der Waals surface area contributed by atoms with E-state index in [9.17, 15) is 0 Å². The van der Waals surface area contributed by atoms with Crippen molar-refractivity contribution in [3.8, 4) is 0 Å². The molecule has 0 bridgehead atoms. The minimum Gasteiger partial charge on any atom is -0.377 e. The largest absolute Gasteiger partial charge is 0.377 e. The van der Waals surface area contributed by atoms with Gasteiger partial charge >= 0.3 is 0 Å². The molecule has 2 aliphatic heterocycles. The molecule has 2 aromatic carbocycles. The fraction of sp³-hybridized carbons (Fsp3) is 0.462. The van der Waals surface area contributed by atoms with Gasteiger partial charge in [0.05, 0.1) is 12.6 Å².